The van der Waals surface area contributed by atoms with Crippen LogP contribution in [-0.4, -0.2) is 57.7 Å². The first-order chi connectivity index (χ1) is 42.3. The third kappa shape index (κ3) is 26.0. The molecule has 0 aromatic heterocycles. The molecule has 0 heterocycles. The highest BCUT2D eigenvalue weighted by molar-refractivity contribution is 5.82. The molecule has 7 nitrogen and oxygen atoms in total. The molecule has 0 bridgehead atoms. The highest BCUT2D eigenvalue weighted by Gasteiger charge is 2.14. The largest absolute Gasteiger partial charge is 0.493 e. The highest BCUT2D eigenvalue weighted by atomic mass is 16.5. The lowest BCUT2D eigenvalue weighted by molar-refractivity contribution is 0.281. The Balaban J connectivity index is 1.49. The molecule has 86 heavy (non-hydrogen) atoms. The zero-order valence-corrected chi connectivity index (χ0v) is 55.1. The monoisotopic (exact) mass is 1170 g/mol. The number of hydrogen-bond donors (Lipinski definition) is 1. The van der Waals surface area contributed by atoms with E-state index in [0.29, 0.717) is 26.4 Å². The molecule has 5 rings (SSSR count). The summed E-state index contributed by atoms with van der Waals surface area (Å²) in [7, 11) is 0. The number of aliphatic hydroxyl groups is 1. The van der Waals surface area contributed by atoms with Crippen LogP contribution in [0, 0.1) is 0 Å². The number of rotatable bonds is 47. The average Bonchev–Trinajstić information content (AvgIpc) is 3.73. The first-order valence-corrected chi connectivity index (χ1v) is 34.3. The van der Waals surface area contributed by atoms with E-state index in [0.717, 1.165) is 151 Å². The lowest BCUT2D eigenvalue weighted by Crippen LogP contribution is -2.21. The fraction of sp³-hybridized carbons (Fsp3) is 0.519. The van der Waals surface area contributed by atoms with Gasteiger partial charge in [0.05, 0.1) is 33.0 Å². The molecule has 470 valence electrons. The summed E-state index contributed by atoms with van der Waals surface area (Å²) in [5, 5.41) is 11.0. The van der Waals surface area contributed by atoms with Gasteiger partial charge in [0.2, 0.25) is 0 Å². The summed E-state index contributed by atoms with van der Waals surface area (Å²) in [5.74, 6) is 3.38. The van der Waals surface area contributed by atoms with E-state index in [2.05, 4.69) is 205 Å². The maximum Gasteiger partial charge on any atom is 0.127 e. The molecule has 0 unspecified atom stereocenters. The van der Waals surface area contributed by atoms with Gasteiger partial charge in [-0.05, 0) is 136 Å². The van der Waals surface area contributed by atoms with E-state index in [1.165, 1.54) is 114 Å². The molecule has 0 amide bonds. The Bertz CT molecular complexity index is 2710. The summed E-state index contributed by atoms with van der Waals surface area (Å²) < 4.78 is 26.8. The topological polar surface area (TPSA) is 63.6 Å². The molecule has 0 spiro atoms. The molecule has 5 aromatic rings. The second-order valence-corrected chi connectivity index (χ2v) is 23.3. The summed E-state index contributed by atoms with van der Waals surface area (Å²) in [6.45, 7) is 24.3. The molecule has 0 aliphatic heterocycles. The van der Waals surface area contributed by atoms with Crippen LogP contribution >= 0.6 is 0 Å². The SMILES string of the molecule is CCCCCCCCOc1cc(/C=C/c2ccc(/C=C/c3cc(OCCCCCCCC)c(/C=C/c4ccc(N(CC)CC)cc4)cc3OCCCCCCCC)c(CO)c2)c(OCCCCCCCC)cc1/C=C/c1ccc(N(CC)CC)cc1. The second kappa shape index (κ2) is 43.4. The molecular formula is C79H114N2O5. The van der Waals surface area contributed by atoms with Gasteiger partial charge in [0.1, 0.15) is 23.0 Å². The standard InChI is InChI=1S/C79H114N2O5/c1-9-17-21-25-29-33-55-83-76-62-71(77(84-56-34-30-26-22-18-10-2)60-69(76)46-37-65-41-51-74(52-42-65)80(13-5)14-6)48-40-67-39-45-68(73(59-67)64-82)49-50-72-63-78(85-57-35-31-27-23-19-11-3)70(61-79(72)86-58-36-32-28-24-20-12-4)47-38-66-43-53-75(54-44-66)81(15-7)16-8/h37-54,59-63,82H,9-36,55-58,64H2,1-8H3/b46-37+,47-38+,48-40+,50-49+. The molecule has 0 saturated carbocycles. The van der Waals surface area contributed by atoms with Crippen molar-refractivity contribution in [1.29, 1.82) is 0 Å². The summed E-state index contributed by atoms with van der Waals surface area (Å²) >= 11 is 0. The molecule has 0 fully saturated rings. The maximum atomic E-state index is 11.0. The Morgan fingerprint density at radius 1 is 0.291 bits per heavy atom. The van der Waals surface area contributed by atoms with Crippen molar-refractivity contribution in [3.8, 4) is 23.0 Å². The third-order valence-corrected chi connectivity index (χ3v) is 16.5. The highest BCUT2D eigenvalue weighted by Crippen LogP contribution is 2.36. The Labute approximate surface area is 524 Å². The van der Waals surface area contributed by atoms with Crippen LogP contribution in [0.2, 0.25) is 0 Å². The number of anilines is 2. The van der Waals surface area contributed by atoms with Crippen LogP contribution in [0.5, 0.6) is 23.0 Å². The smallest absolute Gasteiger partial charge is 0.127 e. The van der Waals surface area contributed by atoms with Crippen molar-refractivity contribution < 1.29 is 24.1 Å². The van der Waals surface area contributed by atoms with Crippen molar-refractivity contribution in [2.75, 3.05) is 62.4 Å². The lowest BCUT2D eigenvalue weighted by Gasteiger charge is -2.20. The van der Waals surface area contributed by atoms with Gasteiger partial charge in [-0.3, -0.25) is 0 Å². The predicted molar refractivity (Wildman–Crippen MR) is 376 cm³/mol. The van der Waals surface area contributed by atoms with Crippen molar-refractivity contribution in [1.82, 2.24) is 0 Å². The molecule has 7 heteroatoms. The normalized spacial score (nSPS) is 11.7. The molecule has 0 aliphatic rings. The molecule has 0 saturated heterocycles. The van der Waals surface area contributed by atoms with Gasteiger partial charge >= 0.3 is 0 Å². The van der Waals surface area contributed by atoms with Gasteiger partial charge in [-0.2, -0.15) is 0 Å². The van der Waals surface area contributed by atoms with E-state index < -0.39 is 0 Å². The van der Waals surface area contributed by atoms with E-state index in [4.69, 9.17) is 18.9 Å². The number of aliphatic hydroxyl groups excluding tert-OH is 1. The maximum absolute atomic E-state index is 11.0. The minimum Gasteiger partial charge on any atom is -0.493 e. The third-order valence-electron chi connectivity index (χ3n) is 16.5. The van der Waals surface area contributed by atoms with E-state index in [1.807, 2.05) is 0 Å². The minimum absolute atomic E-state index is 0.0999. The van der Waals surface area contributed by atoms with Crippen LogP contribution in [0.25, 0.3) is 48.6 Å². The first kappa shape index (κ1) is 70.6. The summed E-state index contributed by atoms with van der Waals surface area (Å²) in [6, 6.07) is 32.7. The number of unbranched alkanes of at least 4 members (excludes halogenated alkanes) is 20. The van der Waals surface area contributed by atoms with Crippen molar-refractivity contribution in [3.05, 3.63) is 141 Å². The van der Waals surface area contributed by atoms with Gasteiger partial charge in [0, 0.05) is 59.8 Å². The fourth-order valence-electron chi connectivity index (χ4n) is 11.0. The summed E-state index contributed by atoms with van der Waals surface area (Å²) in [4.78, 5) is 4.74. The van der Waals surface area contributed by atoms with Crippen LogP contribution in [0.4, 0.5) is 11.4 Å². The van der Waals surface area contributed by atoms with Crippen LogP contribution in [-0.2, 0) is 6.61 Å². The van der Waals surface area contributed by atoms with Crippen LogP contribution in [0.3, 0.4) is 0 Å². The molecule has 0 aliphatic carbocycles. The van der Waals surface area contributed by atoms with E-state index in [1.54, 1.807) is 0 Å². The number of nitrogens with zero attached hydrogens (tertiary/aromatic N) is 2. The molecular weight excluding hydrogens is 1060 g/mol. The Hall–Kier alpha value is -6.18. The van der Waals surface area contributed by atoms with Gasteiger partial charge < -0.3 is 33.9 Å². The van der Waals surface area contributed by atoms with Gasteiger partial charge in [-0.15, -0.1) is 0 Å². The fourth-order valence-corrected chi connectivity index (χ4v) is 11.0. The van der Waals surface area contributed by atoms with Gasteiger partial charge in [0.15, 0.2) is 0 Å². The van der Waals surface area contributed by atoms with E-state index >= 15 is 0 Å². The Morgan fingerprint density at radius 2 is 0.558 bits per heavy atom. The van der Waals surface area contributed by atoms with Gasteiger partial charge in [0.25, 0.3) is 0 Å². The van der Waals surface area contributed by atoms with E-state index in [9.17, 15) is 5.11 Å². The zero-order valence-electron chi connectivity index (χ0n) is 55.1. The predicted octanol–water partition coefficient (Wildman–Crippen LogP) is 22.5. The zero-order chi connectivity index (χ0) is 61.2. The molecule has 0 atom stereocenters. The average molecular weight is 1170 g/mol. The van der Waals surface area contributed by atoms with Crippen molar-refractivity contribution >= 4 is 60.0 Å². The minimum atomic E-state index is -0.0999. The van der Waals surface area contributed by atoms with Gasteiger partial charge in [-0.25, -0.2) is 0 Å². The van der Waals surface area contributed by atoms with Crippen molar-refractivity contribution in [2.24, 2.45) is 0 Å². The molecule has 0 radical (unpaired) electrons. The van der Waals surface area contributed by atoms with Gasteiger partial charge in [-0.1, -0.05) is 241 Å². The van der Waals surface area contributed by atoms with Crippen molar-refractivity contribution in [3.63, 3.8) is 0 Å². The van der Waals surface area contributed by atoms with Crippen LogP contribution in [0.1, 0.15) is 260 Å². The number of hydrogen-bond acceptors (Lipinski definition) is 7. The number of benzene rings is 5. The number of ether oxygens (including phenoxy) is 4. The van der Waals surface area contributed by atoms with E-state index in [-0.39, 0.29) is 6.61 Å². The molecule has 5 aromatic carbocycles. The second-order valence-electron chi connectivity index (χ2n) is 23.3. The lowest BCUT2D eigenvalue weighted by atomic mass is 10.0. The van der Waals surface area contributed by atoms with Crippen LogP contribution in [0.15, 0.2) is 91.0 Å². The quantitative estimate of drug-likeness (QED) is 0.0308. The van der Waals surface area contributed by atoms with Crippen molar-refractivity contribution in [2.45, 2.75) is 216 Å². The summed E-state index contributed by atoms with van der Waals surface area (Å²) in [6.07, 6.45) is 46.1. The Kier molecular flexibility index (Phi) is 35.7. The molecule has 1 N–H and O–H groups in total. The Morgan fingerprint density at radius 3 is 0.860 bits per heavy atom. The summed E-state index contributed by atoms with van der Waals surface area (Å²) in [5.41, 5.74) is 11.5. The first-order valence-electron chi connectivity index (χ1n) is 34.3. The van der Waals surface area contributed by atoms with Crippen LogP contribution < -0.4 is 28.7 Å².